The molecule has 0 bridgehead atoms. The van der Waals surface area contributed by atoms with Gasteiger partial charge in [-0.05, 0) is 17.0 Å². The largest absolute Gasteiger partial charge is 0.481 e. The molecule has 0 radical (unpaired) electrons. The third-order valence-corrected chi connectivity index (χ3v) is 6.08. The van der Waals surface area contributed by atoms with Crippen molar-refractivity contribution in [2.24, 2.45) is 0 Å². The van der Waals surface area contributed by atoms with Crippen LogP contribution in [0.1, 0.15) is 12.0 Å². The van der Waals surface area contributed by atoms with Crippen LogP contribution in [0.25, 0.3) is 0 Å². The van der Waals surface area contributed by atoms with Gasteiger partial charge in [0.05, 0.1) is 6.42 Å². The lowest BCUT2D eigenvalue weighted by Gasteiger charge is -2.20. The van der Waals surface area contributed by atoms with Crippen LogP contribution in [-0.2, 0) is 21.4 Å². The van der Waals surface area contributed by atoms with Crippen molar-refractivity contribution in [1.82, 2.24) is 4.31 Å². The van der Waals surface area contributed by atoms with Gasteiger partial charge in [-0.3, -0.25) is 4.79 Å². The summed E-state index contributed by atoms with van der Waals surface area (Å²) in [4.78, 5) is 10.8. The van der Waals surface area contributed by atoms with E-state index in [-0.39, 0.29) is 23.7 Å². The van der Waals surface area contributed by atoms with Gasteiger partial charge in [0.25, 0.3) is 10.0 Å². The molecule has 2 aromatic rings. The highest BCUT2D eigenvalue weighted by Crippen LogP contribution is 2.22. The van der Waals surface area contributed by atoms with Crippen LogP contribution in [0, 0.1) is 0 Å². The SMILES string of the molecule is O=C(O)CCN(Cc1ccccc1)S(=O)(=O)c1cccs1. The topological polar surface area (TPSA) is 74.7 Å². The quantitative estimate of drug-likeness (QED) is 0.848. The van der Waals surface area contributed by atoms with E-state index >= 15 is 0 Å². The molecule has 0 unspecified atom stereocenters. The van der Waals surface area contributed by atoms with E-state index in [0.717, 1.165) is 16.9 Å². The number of rotatable bonds is 7. The predicted octanol–water partition coefficient (Wildman–Crippen LogP) is 2.41. The molecule has 0 aliphatic heterocycles. The first-order chi connectivity index (χ1) is 10.00. The molecule has 0 spiro atoms. The Kier molecular flexibility index (Phi) is 5.11. The first-order valence-electron chi connectivity index (χ1n) is 6.29. The number of aliphatic carboxylic acids is 1. The molecule has 5 nitrogen and oxygen atoms in total. The van der Waals surface area contributed by atoms with Gasteiger partial charge in [0, 0.05) is 13.1 Å². The number of nitrogens with zero attached hydrogens (tertiary/aromatic N) is 1. The highest BCUT2D eigenvalue weighted by atomic mass is 32.2. The van der Waals surface area contributed by atoms with Gasteiger partial charge in [0.2, 0.25) is 0 Å². The Balaban J connectivity index is 2.25. The Morgan fingerprint density at radius 1 is 1.14 bits per heavy atom. The van der Waals surface area contributed by atoms with E-state index in [1.807, 2.05) is 30.3 Å². The molecule has 1 aromatic heterocycles. The zero-order valence-electron chi connectivity index (χ0n) is 11.2. The molecule has 0 fully saturated rings. The number of sulfonamides is 1. The molecule has 2 rings (SSSR count). The summed E-state index contributed by atoms with van der Waals surface area (Å²) in [6.45, 7) is 0.110. The fraction of sp³-hybridized carbons (Fsp3) is 0.214. The smallest absolute Gasteiger partial charge is 0.304 e. The number of carboxylic acid groups (broad SMARTS) is 1. The van der Waals surface area contributed by atoms with Crippen LogP contribution in [0.3, 0.4) is 0 Å². The summed E-state index contributed by atoms with van der Waals surface area (Å²) in [5.41, 5.74) is 0.822. The molecular formula is C14H15NO4S2. The second-order valence-corrected chi connectivity index (χ2v) is 7.51. The number of hydrogen-bond donors (Lipinski definition) is 1. The van der Waals surface area contributed by atoms with Crippen molar-refractivity contribution in [2.75, 3.05) is 6.54 Å². The summed E-state index contributed by atoms with van der Waals surface area (Å²) >= 11 is 1.13. The number of carbonyl (C=O) groups is 1. The average Bonchev–Trinajstić information content (AvgIpc) is 2.99. The van der Waals surface area contributed by atoms with Crippen molar-refractivity contribution in [3.05, 3.63) is 53.4 Å². The van der Waals surface area contributed by atoms with Gasteiger partial charge >= 0.3 is 5.97 Å². The number of hydrogen-bond acceptors (Lipinski definition) is 4. The van der Waals surface area contributed by atoms with Crippen molar-refractivity contribution in [3.63, 3.8) is 0 Å². The average molecular weight is 325 g/mol. The predicted molar refractivity (Wildman–Crippen MR) is 80.6 cm³/mol. The molecule has 1 N–H and O–H groups in total. The molecule has 0 atom stereocenters. The minimum atomic E-state index is -3.66. The first kappa shape index (κ1) is 15.7. The lowest BCUT2D eigenvalue weighted by atomic mass is 10.2. The van der Waals surface area contributed by atoms with E-state index < -0.39 is 16.0 Å². The summed E-state index contributed by atoms with van der Waals surface area (Å²) in [7, 11) is -3.66. The van der Waals surface area contributed by atoms with E-state index in [2.05, 4.69) is 0 Å². The summed E-state index contributed by atoms with van der Waals surface area (Å²) in [6, 6.07) is 12.3. The minimum Gasteiger partial charge on any atom is -0.481 e. The summed E-state index contributed by atoms with van der Waals surface area (Å²) < 4.78 is 26.5. The van der Waals surface area contributed by atoms with Crippen LogP contribution >= 0.6 is 11.3 Å². The Morgan fingerprint density at radius 2 is 1.86 bits per heavy atom. The van der Waals surface area contributed by atoms with Crippen molar-refractivity contribution < 1.29 is 18.3 Å². The molecule has 7 heteroatoms. The van der Waals surface area contributed by atoms with Gasteiger partial charge in [-0.1, -0.05) is 36.4 Å². The second-order valence-electron chi connectivity index (χ2n) is 4.40. The number of carboxylic acids is 1. The third-order valence-electron chi connectivity index (χ3n) is 2.87. The van der Waals surface area contributed by atoms with Crippen LogP contribution in [-0.4, -0.2) is 30.3 Å². The summed E-state index contributed by atoms with van der Waals surface area (Å²) in [5, 5.41) is 10.5. The van der Waals surface area contributed by atoms with Gasteiger partial charge in [-0.25, -0.2) is 8.42 Å². The molecule has 0 amide bonds. The highest BCUT2D eigenvalue weighted by Gasteiger charge is 2.25. The molecule has 1 aromatic carbocycles. The lowest BCUT2D eigenvalue weighted by Crippen LogP contribution is -2.32. The highest BCUT2D eigenvalue weighted by molar-refractivity contribution is 7.91. The van der Waals surface area contributed by atoms with Crippen molar-refractivity contribution in [1.29, 1.82) is 0 Å². The molecule has 0 aliphatic rings. The minimum absolute atomic E-state index is 0.0511. The van der Waals surface area contributed by atoms with Gasteiger partial charge < -0.3 is 5.11 Å². The Bertz CT molecular complexity index is 681. The molecule has 21 heavy (non-hydrogen) atoms. The normalized spacial score (nSPS) is 11.7. The van der Waals surface area contributed by atoms with E-state index in [0.29, 0.717) is 0 Å². The monoisotopic (exact) mass is 325 g/mol. The zero-order valence-corrected chi connectivity index (χ0v) is 12.8. The molecular weight excluding hydrogens is 310 g/mol. The molecule has 0 aliphatic carbocycles. The van der Waals surface area contributed by atoms with Crippen LogP contribution < -0.4 is 0 Å². The maximum absolute atomic E-state index is 12.6. The van der Waals surface area contributed by atoms with E-state index in [4.69, 9.17) is 5.11 Å². The molecule has 1 heterocycles. The van der Waals surface area contributed by atoms with Crippen molar-refractivity contribution >= 4 is 27.3 Å². The van der Waals surface area contributed by atoms with Crippen LogP contribution in [0.4, 0.5) is 0 Å². The van der Waals surface area contributed by atoms with Gasteiger partial charge in [0.1, 0.15) is 4.21 Å². The fourth-order valence-corrected chi connectivity index (χ4v) is 4.40. The Morgan fingerprint density at radius 3 is 2.43 bits per heavy atom. The van der Waals surface area contributed by atoms with Crippen molar-refractivity contribution in [2.45, 2.75) is 17.2 Å². The van der Waals surface area contributed by atoms with Crippen LogP contribution in [0.2, 0.25) is 0 Å². The van der Waals surface area contributed by atoms with E-state index in [9.17, 15) is 13.2 Å². The Labute approximate surface area is 127 Å². The Hall–Kier alpha value is -1.70. The van der Waals surface area contributed by atoms with Gasteiger partial charge in [-0.2, -0.15) is 4.31 Å². The van der Waals surface area contributed by atoms with Gasteiger partial charge in [-0.15, -0.1) is 11.3 Å². The summed E-state index contributed by atoms with van der Waals surface area (Å²) in [6.07, 6.45) is -0.225. The van der Waals surface area contributed by atoms with E-state index in [1.165, 1.54) is 10.4 Å². The van der Waals surface area contributed by atoms with Crippen LogP contribution in [0.15, 0.2) is 52.1 Å². The zero-order chi connectivity index (χ0) is 15.3. The molecule has 0 saturated heterocycles. The first-order valence-corrected chi connectivity index (χ1v) is 8.61. The maximum Gasteiger partial charge on any atom is 0.304 e. The standard InChI is InChI=1S/C14H15NO4S2/c16-13(17)8-9-15(11-12-5-2-1-3-6-12)21(18,19)14-7-4-10-20-14/h1-7,10H,8-9,11H2,(H,16,17). The van der Waals surface area contributed by atoms with Crippen molar-refractivity contribution in [3.8, 4) is 0 Å². The molecule has 0 saturated carbocycles. The van der Waals surface area contributed by atoms with E-state index in [1.54, 1.807) is 11.4 Å². The second kappa shape index (κ2) is 6.84. The van der Waals surface area contributed by atoms with Crippen LogP contribution in [0.5, 0.6) is 0 Å². The summed E-state index contributed by atoms with van der Waals surface area (Å²) in [5.74, 6) is -1.02. The number of benzene rings is 1. The fourth-order valence-electron chi connectivity index (χ4n) is 1.83. The number of thiophene rings is 1. The van der Waals surface area contributed by atoms with Gasteiger partial charge in [0.15, 0.2) is 0 Å². The third kappa shape index (κ3) is 4.13. The maximum atomic E-state index is 12.6. The molecule has 112 valence electrons. The lowest BCUT2D eigenvalue weighted by molar-refractivity contribution is -0.137.